The molecule has 0 saturated carbocycles. The number of allylic oxidation sites excluding steroid dienone is 13. The highest BCUT2D eigenvalue weighted by Crippen LogP contribution is 2.26. The summed E-state index contributed by atoms with van der Waals surface area (Å²) in [4.78, 5) is 26.6. The van der Waals surface area contributed by atoms with Crippen LogP contribution >= 0.6 is 0 Å². The molecule has 1 saturated heterocycles. The molecule has 8 atom stereocenters. The molecule has 11 heteroatoms. The highest BCUT2D eigenvalue weighted by Gasteiger charge is 2.47. The van der Waals surface area contributed by atoms with E-state index in [4.69, 9.17) is 14.2 Å². The summed E-state index contributed by atoms with van der Waals surface area (Å²) < 4.78 is 17.6. The van der Waals surface area contributed by atoms with E-state index in [-0.39, 0.29) is 19.4 Å². The molecule has 462 valence electrons. The van der Waals surface area contributed by atoms with Crippen LogP contribution in [-0.4, -0.2) is 99.6 Å². The zero-order valence-electron chi connectivity index (χ0n) is 51.2. The molecule has 0 radical (unpaired) electrons. The van der Waals surface area contributed by atoms with E-state index in [9.17, 15) is 35.1 Å². The van der Waals surface area contributed by atoms with Crippen LogP contribution in [-0.2, 0) is 23.8 Å². The lowest BCUT2D eigenvalue weighted by Gasteiger charge is -2.41. The minimum absolute atomic E-state index is 0.115. The Bertz CT molecular complexity index is 1620. The summed E-state index contributed by atoms with van der Waals surface area (Å²) in [5.74, 6) is -1.22. The van der Waals surface area contributed by atoms with Crippen LogP contribution in [0.3, 0.4) is 0 Å². The molecule has 0 bridgehead atoms. The molecule has 1 amide bonds. The Balaban J connectivity index is 2.60. The Morgan fingerprint density at radius 3 is 1.38 bits per heavy atom. The van der Waals surface area contributed by atoms with Crippen molar-refractivity contribution in [1.29, 1.82) is 0 Å². The predicted molar refractivity (Wildman–Crippen MR) is 333 cm³/mol. The van der Waals surface area contributed by atoms with Gasteiger partial charge in [0.2, 0.25) is 5.91 Å². The second kappa shape index (κ2) is 56.3. The largest absolute Gasteiger partial charge is 0.454 e. The van der Waals surface area contributed by atoms with Gasteiger partial charge in [0.1, 0.15) is 24.4 Å². The van der Waals surface area contributed by atoms with Crippen molar-refractivity contribution in [2.75, 3.05) is 13.2 Å². The van der Waals surface area contributed by atoms with Crippen LogP contribution in [0.4, 0.5) is 0 Å². The number of hydrogen-bond acceptors (Lipinski definition) is 10. The summed E-state index contributed by atoms with van der Waals surface area (Å²) in [6.07, 6.45) is 63.4. The number of nitrogens with one attached hydrogen (secondary N) is 1. The van der Waals surface area contributed by atoms with Crippen molar-refractivity contribution < 1.29 is 49.3 Å². The molecule has 0 aromatic rings. The molecule has 1 heterocycles. The fraction of sp³-hybridized carbons (Fsp3) is 0.768. The fourth-order valence-corrected chi connectivity index (χ4v) is 9.85. The van der Waals surface area contributed by atoms with Gasteiger partial charge >= 0.3 is 5.97 Å². The normalized spacial score (nSPS) is 19.3. The maximum absolute atomic E-state index is 13.4. The molecule has 1 aliphatic heterocycles. The molecule has 80 heavy (non-hydrogen) atoms. The fourth-order valence-electron chi connectivity index (χ4n) is 9.85. The number of carbonyl (C=O) groups excluding carboxylic acids is 2. The lowest BCUT2D eigenvalue weighted by Crippen LogP contribution is -2.61. The second-order valence-corrected chi connectivity index (χ2v) is 22.5. The first-order valence-electron chi connectivity index (χ1n) is 32.9. The van der Waals surface area contributed by atoms with Crippen molar-refractivity contribution in [2.45, 2.75) is 327 Å². The van der Waals surface area contributed by atoms with E-state index >= 15 is 0 Å². The van der Waals surface area contributed by atoms with E-state index < -0.39 is 67.4 Å². The first kappa shape index (κ1) is 74.9. The van der Waals surface area contributed by atoms with Crippen LogP contribution in [0, 0.1) is 0 Å². The summed E-state index contributed by atoms with van der Waals surface area (Å²) in [5.41, 5.74) is 0. The summed E-state index contributed by atoms with van der Waals surface area (Å²) in [6, 6.07) is -1.04. The van der Waals surface area contributed by atoms with Gasteiger partial charge in [-0.25, -0.2) is 0 Å². The van der Waals surface area contributed by atoms with E-state index in [1.165, 1.54) is 141 Å². The molecule has 0 aliphatic carbocycles. The Hall–Kier alpha value is -3.16. The van der Waals surface area contributed by atoms with Gasteiger partial charge < -0.3 is 45.1 Å². The molecule has 0 spiro atoms. The minimum atomic E-state index is -1.62. The number of esters is 1. The Morgan fingerprint density at radius 1 is 0.500 bits per heavy atom. The Morgan fingerprint density at radius 2 is 0.900 bits per heavy atom. The van der Waals surface area contributed by atoms with Crippen molar-refractivity contribution in [1.82, 2.24) is 5.32 Å². The number of ether oxygens (including phenoxy) is 3. The third kappa shape index (κ3) is 43.5. The van der Waals surface area contributed by atoms with Gasteiger partial charge in [0.05, 0.1) is 25.4 Å². The number of aliphatic hydroxyl groups excluding tert-OH is 5. The molecule has 8 unspecified atom stereocenters. The first-order valence-corrected chi connectivity index (χ1v) is 32.9. The number of amides is 1. The third-order valence-corrected chi connectivity index (χ3v) is 15.0. The maximum Gasteiger partial charge on any atom is 0.306 e. The van der Waals surface area contributed by atoms with Gasteiger partial charge in [-0.1, -0.05) is 260 Å². The SMILES string of the molecule is CC/C=C/C/C=C/C/C=C/CCCCCC(O)C(=O)NC(COC1OC(CO)C(O)C(O)C1OC(=O)CCCCCCCCCCCCCC/C=C\C/C=C\C/C=C\CCCCC)C(O)/C=C/CCCCCCCCCCCCC. The standard InChI is InChI=1S/C69H121NO10/c1-4-7-10-13-16-19-22-25-26-27-28-29-30-31-32-33-34-35-36-39-42-45-48-51-54-57-64(74)80-67-66(76)65(75)63(58-71)79-69(67)78-59-60(61(72)55-52-49-46-43-40-37-23-20-17-14-11-8-5-2)70-68(77)62(73)56-53-50-47-44-41-38-24-21-18-15-12-9-6-3/h9,12,16,18-19,21,25-26,28-29,38,41,52,55,60-63,65-67,69,71-73,75-76H,4-8,10-11,13-15,17,20,22-24,27,30-37,39-40,42-51,53-54,56-59H2,1-3H3,(H,70,77)/b12-9+,19-16-,21-18+,26-25-,29-28-,41-38+,55-52+. The van der Waals surface area contributed by atoms with Crippen LogP contribution in [0.25, 0.3) is 0 Å². The van der Waals surface area contributed by atoms with Gasteiger partial charge in [-0.3, -0.25) is 9.59 Å². The number of rotatable bonds is 55. The van der Waals surface area contributed by atoms with Crippen molar-refractivity contribution in [3.63, 3.8) is 0 Å². The van der Waals surface area contributed by atoms with E-state index in [1.807, 2.05) is 6.08 Å². The van der Waals surface area contributed by atoms with E-state index in [2.05, 4.69) is 99.0 Å². The van der Waals surface area contributed by atoms with Crippen LogP contribution in [0.2, 0.25) is 0 Å². The molecule has 1 aliphatic rings. The number of hydrogen-bond donors (Lipinski definition) is 6. The van der Waals surface area contributed by atoms with Gasteiger partial charge in [-0.15, -0.1) is 0 Å². The molecule has 0 aromatic carbocycles. The van der Waals surface area contributed by atoms with Crippen LogP contribution in [0.1, 0.15) is 278 Å². The molecule has 0 aromatic heterocycles. The van der Waals surface area contributed by atoms with Crippen LogP contribution in [0.15, 0.2) is 85.1 Å². The summed E-state index contributed by atoms with van der Waals surface area (Å²) >= 11 is 0. The zero-order valence-corrected chi connectivity index (χ0v) is 51.2. The molecule has 6 N–H and O–H groups in total. The van der Waals surface area contributed by atoms with Crippen molar-refractivity contribution in [3.8, 4) is 0 Å². The van der Waals surface area contributed by atoms with E-state index in [0.29, 0.717) is 12.8 Å². The average Bonchev–Trinajstić information content (AvgIpc) is 3.45. The van der Waals surface area contributed by atoms with Gasteiger partial charge in [0.25, 0.3) is 0 Å². The number of carbonyl (C=O) groups is 2. The smallest absolute Gasteiger partial charge is 0.306 e. The zero-order chi connectivity index (χ0) is 58.2. The lowest BCUT2D eigenvalue weighted by molar-refractivity contribution is -0.305. The van der Waals surface area contributed by atoms with Gasteiger partial charge in [-0.2, -0.15) is 0 Å². The minimum Gasteiger partial charge on any atom is -0.454 e. The van der Waals surface area contributed by atoms with Gasteiger partial charge in [0.15, 0.2) is 12.4 Å². The maximum atomic E-state index is 13.4. The third-order valence-electron chi connectivity index (χ3n) is 15.0. The lowest BCUT2D eigenvalue weighted by atomic mass is 9.99. The monoisotopic (exact) mass is 1120 g/mol. The van der Waals surface area contributed by atoms with Crippen LogP contribution in [0.5, 0.6) is 0 Å². The highest BCUT2D eigenvalue weighted by molar-refractivity contribution is 5.80. The quantitative estimate of drug-likeness (QED) is 0.0195. The molecular weight excluding hydrogens is 1000 g/mol. The number of aliphatic hydroxyl groups is 5. The van der Waals surface area contributed by atoms with Gasteiger partial charge in [0, 0.05) is 6.42 Å². The number of unbranched alkanes of at least 4 members (excludes halogenated alkanes) is 29. The second-order valence-electron chi connectivity index (χ2n) is 22.5. The predicted octanol–water partition coefficient (Wildman–Crippen LogP) is 16.1. The van der Waals surface area contributed by atoms with Crippen LogP contribution < -0.4 is 5.32 Å². The Labute approximate surface area is 489 Å². The topological polar surface area (TPSA) is 175 Å². The van der Waals surface area contributed by atoms with Gasteiger partial charge in [-0.05, 0) is 96.3 Å². The van der Waals surface area contributed by atoms with Crippen molar-refractivity contribution in [2.24, 2.45) is 0 Å². The van der Waals surface area contributed by atoms with Crippen molar-refractivity contribution in [3.05, 3.63) is 85.1 Å². The molecule has 1 fully saturated rings. The first-order chi connectivity index (χ1) is 39.2. The molecule has 1 rings (SSSR count). The summed E-state index contributed by atoms with van der Waals surface area (Å²) in [7, 11) is 0. The average molecular weight is 1120 g/mol. The van der Waals surface area contributed by atoms with E-state index in [0.717, 1.165) is 89.9 Å². The molecular formula is C69H121NO10. The highest BCUT2D eigenvalue weighted by atomic mass is 16.7. The summed E-state index contributed by atoms with van der Waals surface area (Å²) in [5, 5.41) is 57.0. The van der Waals surface area contributed by atoms with E-state index in [1.54, 1.807) is 6.08 Å². The molecule has 11 nitrogen and oxygen atoms in total. The van der Waals surface area contributed by atoms with Crippen molar-refractivity contribution >= 4 is 11.9 Å². The Kier molecular flexibility index (Phi) is 52.7. The summed E-state index contributed by atoms with van der Waals surface area (Å²) in [6.45, 7) is 5.64.